The number of nitrogens with one attached hydrogen (secondary N) is 1. The number of hydrogen-bond acceptors (Lipinski definition) is 5. The predicted molar refractivity (Wildman–Crippen MR) is 105 cm³/mol. The zero-order chi connectivity index (χ0) is 19.4. The van der Waals surface area contributed by atoms with E-state index in [4.69, 9.17) is 9.47 Å². The van der Waals surface area contributed by atoms with Crippen LogP contribution in [0.3, 0.4) is 0 Å². The van der Waals surface area contributed by atoms with Crippen LogP contribution >= 0.6 is 0 Å². The Balaban J connectivity index is 1.90. The summed E-state index contributed by atoms with van der Waals surface area (Å²) in [4.78, 5) is 7.96. The molecule has 0 aliphatic rings. The first-order chi connectivity index (χ1) is 12.9. The number of H-pyrrole nitrogens is 1. The molecule has 0 amide bonds. The molecule has 0 unspecified atom stereocenters. The van der Waals surface area contributed by atoms with Crippen molar-refractivity contribution in [2.45, 2.75) is 18.7 Å². The number of rotatable bonds is 7. The van der Waals surface area contributed by atoms with Crippen molar-refractivity contribution < 1.29 is 17.9 Å². The summed E-state index contributed by atoms with van der Waals surface area (Å²) in [6.07, 6.45) is 2.93. The highest BCUT2D eigenvalue weighted by atomic mass is 32.2. The van der Waals surface area contributed by atoms with Gasteiger partial charge in [-0.05, 0) is 56.3 Å². The highest BCUT2D eigenvalue weighted by Crippen LogP contribution is 2.33. The highest BCUT2D eigenvalue weighted by Gasteiger charge is 2.12. The minimum Gasteiger partial charge on any atom is -0.490 e. The lowest BCUT2D eigenvalue weighted by Crippen LogP contribution is -1.98. The Morgan fingerprint density at radius 2 is 1.56 bits per heavy atom. The highest BCUT2D eigenvalue weighted by molar-refractivity contribution is 7.90. The first-order valence-electron chi connectivity index (χ1n) is 8.68. The molecule has 0 saturated carbocycles. The summed E-state index contributed by atoms with van der Waals surface area (Å²) in [6, 6.07) is 12.4. The first-order valence-corrected chi connectivity index (χ1v) is 10.6. The molecule has 3 rings (SSSR count). The van der Waals surface area contributed by atoms with Gasteiger partial charge < -0.3 is 14.5 Å². The van der Waals surface area contributed by atoms with Crippen LogP contribution in [0.4, 0.5) is 0 Å². The van der Waals surface area contributed by atoms with Crippen LogP contribution in [0.15, 0.2) is 53.6 Å². The van der Waals surface area contributed by atoms with Crippen molar-refractivity contribution in [3.63, 3.8) is 0 Å². The number of sulfone groups is 1. The Morgan fingerprint density at radius 1 is 0.926 bits per heavy atom. The van der Waals surface area contributed by atoms with Gasteiger partial charge in [0.15, 0.2) is 21.3 Å². The molecule has 0 spiro atoms. The molecule has 0 atom stereocenters. The van der Waals surface area contributed by atoms with E-state index in [2.05, 4.69) is 9.97 Å². The summed E-state index contributed by atoms with van der Waals surface area (Å²) in [5.41, 5.74) is 2.57. The summed E-state index contributed by atoms with van der Waals surface area (Å²) >= 11 is 0. The third-order valence-electron chi connectivity index (χ3n) is 3.99. The number of hydrogen-bond donors (Lipinski definition) is 1. The maximum Gasteiger partial charge on any atom is 0.175 e. The van der Waals surface area contributed by atoms with Crippen LogP contribution in [-0.2, 0) is 9.84 Å². The molecule has 142 valence electrons. The van der Waals surface area contributed by atoms with E-state index in [1.807, 2.05) is 32.0 Å². The van der Waals surface area contributed by atoms with Crippen LogP contribution < -0.4 is 9.47 Å². The Bertz CT molecular complexity index is 1020. The summed E-state index contributed by atoms with van der Waals surface area (Å²) in [7, 11) is -3.22. The van der Waals surface area contributed by atoms with Gasteiger partial charge in [-0.2, -0.15) is 0 Å². The molecule has 0 saturated heterocycles. The van der Waals surface area contributed by atoms with E-state index in [1.54, 1.807) is 30.5 Å². The Labute approximate surface area is 159 Å². The van der Waals surface area contributed by atoms with Crippen molar-refractivity contribution in [2.75, 3.05) is 19.5 Å². The topological polar surface area (TPSA) is 81.3 Å². The molecule has 0 radical (unpaired) electrons. The second-order valence-electron chi connectivity index (χ2n) is 5.97. The fraction of sp³-hybridized carbons (Fsp3) is 0.250. The standard InChI is InChI=1S/C20H22N2O4S/c1-4-25-18-11-8-15(12-19(18)26-5-2)17-13-21-20(22-17)14-6-9-16(10-7-14)27(3,23)24/h6-13H,4-5H2,1-3H3,(H,21,22). The minimum absolute atomic E-state index is 0.283. The lowest BCUT2D eigenvalue weighted by molar-refractivity contribution is 0.288. The molecule has 1 N–H and O–H groups in total. The van der Waals surface area contributed by atoms with Crippen molar-refractivity contribution >= 4 is 9.84 Å². The summed E-state index contributed by atoms with van der Waals surface area (Å²) in [6.45, 7) is 4.97. The van der Waals surface area contributed by atoms with Gasteiger partial charge in [0.25, 0.3) is 0 Å². The molecule has 0 aliphatic heterocycles. The predicted octanol–water partition coefficient (Wildman–Crippen LogP) is 3.94. The number of benzene rings is 2. The van der Waals surface area contributed by atoms with E-state index in [0.717, 1.165) is 16.8 Å². The average molecular weight is 386 g/mol. The quantitative estimate of drug-likeness (QED) is 0.665. The van der Waals surface area contributed by atoms with Crippen molar-refractivity contribution in [1.29, 1.82) is 0 Å². The molecule has 27 heavy (non-hydrogen) atoms. The van der Waals surface area contributed by atoms with Gasteiger partial charge in [0, 0.05) is 17.4 Å². The van der Waals surface area contributed by atoms with Crippen LogP contribution in [0.1, 0.15) is 13.8 Å². The van der Waals surface area contributed by atoms with Gasteiger partial charge in [-0.25, -0.2) is 13.4 Å². The normalized spacial score (nSPS) is 11.4. The van der Waals surface area contributed by atoms with Gasteiger partial charge >= 0.3 is 0 Å². The van der Waals surface area contributed by atoms with Crippen molar-refractivity contribution in [3.8, 4) is 34.1 Å². The maximum absolute atomic E-state index is 11.6. The number of aromatic nitrogens is 2. The fourth-order valence-electron chi connectivity index (χ4n) is 2.69. The molecule has 3 aromatic rings. The molecule has 1 aromatic heterocycles. The summed E-state index contributed by atoms with van der Waals surface area (Å²) in [5, 5.41) is 0. The maximum atomic E-state index is 11.6. The second kappa shape index (κ2) is 7.84. The number of imidazole rings is 1. The first kappa shape index (κ1) is 19.0. The minimum atomic E-state index is -3.22. The van der Waals surface area contributed by atoms with E-state index in [1.165, 1.54) is 6.26 Å². The molecular weight excluding hydrogens is 364 g/mol. The largest absolute Gasteiger partial charge is 0.490 e. The monoisotopic (exact) mass is 386 g/mol. The van der Waals surface area contributed by atoms with Gasteiger partial charge in [-0.15, -0.1) is 0 Å². The van der Waals surface area contributed by atoms with Crippen molar-refractivity contribution in [2.24, 2.45) is 0 Å². The van der Waals surface area contributed by atoms with Crippen LogP contribution in [0.25, 0.3) is 22.6 Å². The third-order valence-corrected chi connectivity index (χ3v) is 5.11. The molecular formula is C20H22N2O4S. The molecule has 1 heterocycles. The molecule has 2 aromatic carbocycles. The Kier molecular flexibility index (Phi) is 5.51. The Morgan fingerprint density at radius 3 is 2.19 bits per heavy atom. The lowest BCUT2D eigenvalue weighted by atomic mass is 10.1. The SMILES string of the molecule is CCOc1ccc(-c2cnc(-c3ccc(S(C)(=O)=O)cc3)[nH]2)cc1OCC. The fourth-order valence-corrected chi connectivity index (χ4v) is 3.32. The summed E-state index contributed by atoms with van der Waals surface area (Å²) < 4.78 is 34.4. The van der Waals surface area contributed by atoms with Gasteiger partial charge in [0.1, 0.15) is 5.82 Å². The van der Waals surface area contributed by atoms with Gasteiger partial charge in [-0.3, -0.25) is 0 Å². The van der Waals surface area contributed by atoms with E-state index in [-0.39, 0.29) is 4.90 Å². The molecule has 0 bridgehead atoms. The van der Waals surface area contributed by atoms with Gasteiger partial charge in [-0.1, -0.05) is 0 Å². The number of aromatic amines is 1. The molecule has 0 aliphatic carbocycles. The second-order valence-corrected chi connectivity index (χ2v) is 7.99. The number of nitrogens with zero attached hydrogens (tertiary/aromatic N) is 1. The van der Waals surface area contributed by atoms with Crippen LogP contribution in [-0.4, -0.2) is 37.9 Å². The van der Waals surface area contributed by atoms with E-state index < -0.39 is 9.84 Å². The Hall–Kier alpha value is -2.80. The molecule has 0 fully saturated rings. The third kappa shape index (κ3) is 4.31. The van der Waals surface area contributed by atoms with Gasteiger partial charge in [0.05, 0.1) is 30.0 Å². The van der Waals surface area contributed by atoms with E-state index >= 15 is 0 Å². The van der Waals surface area contributed by atoms with Crippen molar-refractivity contribution in [1.82, 2.24) is 9.97 Å². The number of ether oxygens (including phenoxy) is 2. The van der Waals surface area contributed by atoms with E-state index in [0.29, 0.717) is 30.5 Å². The van der Waals surface area contributed by atoms with Crippen LogP contribution in [0, 0.1) is 0 Å². The molecule has 6 nitrogen and oxygen atoms in total. The lowest BCUT2D eigenvalue weighted by Gasteiger charge is -2.11. The van der Waals surface area contributed by atoms with Gasteiger partial charge in [0.2, 0.25) is 0 Å². The van der Waals surface area contributed by atoms with Crippen LogP contribution in [0.2, 0.25) is 0 Å². The van der Waals surface area contributed by atoms with Crippen molar-refractivity contribution in [3.05, 3.63) is 48.7 Å². The smallest absolute Gasteiger partial charge is 0.175 e. The average Bonchev–Trinajstić information content (AvgIpc) is 3.13. The summed E-state index contributed by atoms with van der Waals surface area (Å²) in [5.74, 6) is 2.06. The van der Waals surface area contributed by atoms with Crippen LogP contribution in [0.5, 0.6) is 11.5 Å². The zero-order valence-electron chi connectivity index (χ0n) is 15.5. The zero-order valence-corrected chi connectivity index (χ0v) is 16.3. The van der Waals surface area contributed by atoms with E-state index in [9.17, 15) is 8.42 Å². The molecule has 7 heteroatoms.